The molecule has 1 rings (SSSR count). The van der Waals surface area contributed by atoms with Crippen molar-refractivity contribution in [3.63, 3.8) is 0 Å². The summed E-state index contributed by atoms with van der Waals surface area (Å²) in [5.74, 6) is -3.10. The molecule has 0 aliphatic rings. The summed E-state index contributed by atoms with van der Waals surface area (Å²) in [5, 5.41) is 20.2. The molecule has 0 saturated carbocycles. The summed E-state index contributed by atoms with van der Waals surface area (Å²) in [6.07, 6.45) is 0. The maximum Gasteiger partial charge on any atom is 0.257 e. The van der Waals surface area contributed by atoms with Crippen LogP contribution in [0.25, 0.3) is 0 Å². The van der Waals surface area contributed by atoms with Gasteiger partial charge in [-0.2, -0.15) is 0 Å². The molecule has 3 N–H and O–H groups in total. The zero-order valence-corrected chi connectivity index (χ0v) is 11.1. The van der Waals surface area contributed by atoms with E-state index in [0.29, 0.717) is 0 Å². The molecule has 18 heavy (non-hydrogen) atoms. The van der Waals surface area contributed by atoms with E-state index in [4.69, 9.17) is 10.2 Å². The van der Waals surface area contributed by atoms with Crippen LogP contribution in [0.5, 0.6) is 0 Å². The SMILES string of the molecule is CC(CO)(CO)NC(=O)c1c(F)cc(Br)cc1F. The molecule has 0 spiro atoms. The van der Waals surface area contributed by atoms with E-state index in [-0.39, 0.29) is 4.47 Å². The van der Waals surface area contributed by atoms with Crippen molar-refractivity contribution in [1.29, 1.82) is 0 Å². The first-order chi connectivity index (χ1) is 8.33. The average Bonchev–Trinajstić information content (AvgIpc) is 2.27. The standard InChI is InChI=1S/C11H12BrF2NO3/c1-11(4-16,5-17)15-10(18)9-7(13)2-6(12)3-8(9)14/h2-3,16-17H,4-5H2,1H3,(H,15,18). The second-order valence-corrected chi connectivity index (χ2v) is 4.99. The Morgan fingerprint density at radius 1 is 1.33 bits per heavy atom. The smallest absolute Gasteiger partial charge is 0.257 e. The van der Waals surface area contributed by atoms with Crippen molar-refractivity contribution < 1.29 is 23.8 Å². The Hall–Kier alpha value is -1.05. The third-order valence-corrected chi connectivity index (χ3v) is 2.81. The van der Waals surface area contributed by atoms with E-state index in [1.807, 2.05) is 0 Å². The molecule has 1 aromatic carbocycles. The molecule has 1 aromatic rings. The van der Waals surface area contributed by atoms with Crippen LogP contribution in [-0.2, 0) is 0 Å². The number of carbonyl (C=O) groups is 1. The predicted octanol–water partition coefficient (Wildman–Crippen LogP) is 1.20. The van der Waals surface area contributed by atoms with Gasteiger partial charge < -0.3 is 15.5 Å². The van der Waals surface area contributed by atoms with Crippen molar-refractivity contribution in [2.45, 2.75) is 12.5 Å². The van der Waals surface area contributed by atoms with Crippen LogP contribution in [0.2, 0.25) is 0 Å². The topological polar surface area (TPSA) is 69.6 Å². The molecular weight excluding hydrogens is 312 g/mol. The second kappa shape index (κ2) is 5.73. The number of nitrogens with one attached hydrogen (secondary N) is 1. The first-order valence-electron chi connectivity index (χ1n) is 5.02. The lowest BCUT2D eigenvalue weighted by Gasteiger charge is -2.26. The number of aliphatic hydroxyl groups excluding tert-OH is 2. The number of halogens is 3. The maximum absolute atomic E-state index is 13.5. The van der Waals surface area contributed by atoms with Crippen LogP contribution in [0, 0.1) is 11.6 Å². The van der Waals surface area contributed by atoms with Crippen molar-refractivity contribution >= 4 is 21.8 Å². The van der Waals surface area contributed by atoms with E-state index in [2.05, 4.69) is 21.2 Å². The molecular formula is C11H12BrF2NO3. The van der Waals surface area contributed by atoms with Gasteiger partial charge >= 0.3 is 0 Å². The van der Waals surface area contributed by atoms with Crippen LogP contribution in [0.15, 0.2) is 16.6 Å². The third kappa shape index (κ3) is 3.24. The number of carbonyl (C=O) groups excluding carboxylic acids is 1. The Morgan fingerprint density at radius 3 is 2.17 bits per heavy atom. The average molecular weight is 324 g/mol. The highest BCUT2D eigenvalue weighted by Gasteiger charge is 2.28. The Balaban J connectivity index is 3.05. The number of hydrogen-bond donors (Lipinski definition) is 3. The maximum atomic E-state index is 13.5. The first kappa shape index (κ1) is 15.0. The molecule has 0 aromatic heterocycles. The highest BCUT2D eigenvalue weighted by atomic mass is 79.9. The van der Waals surface area contributed by atoms with Crippen LogP contribution in [-0.4, -0.2) is 34.9 Å². The van der Waals surface area contributed by atoms with Gasteiger partial charge in [0.25, 0.3) is 5.91 Å². The lowest BCUT2D eigenvalue weighted by Crippen LogP contribution is -2.52. The minimum absolute atomic E-state index is 0.168. The van der Waals surface area contributed by atoms with Gasteiger partial charge in [-0.1, -0.05) is 15.9 Å². The highest BCUT2D eigenvalue weighted by Crippen LogP contribution is 2.20. The van der Waals surface area contributed by atoms with E-state index in [1.165, 1.54) is 6.92 Å². The summed E-state index contributed by atoms with van der Waals surface area (Å²) in [4.78, 5) is 11.7. The molecule has 100 valence electrons. The van der Waals surface area contributed by atoms with Gasteiger partial charge in [0, 0.05) is 4.47 Å². The number of aliphatic hydroxyl groups is 2. The van der Waals surface area contributed by atoms with Crippen LogP contribution in [0.4, 0.5) is 8.78 Å². The molecule has 0 heterocycles. The van der Waals surface area contributed by atoms with Crippen molar-refractivity contribution in [2.75, 3.05) is 13.2 Å². The normalized spacial score (nSPS) is 11.4. The molecule has 7 heteroatoms. The Bertz CT molecular complexity index is 441. The second-order valence-electron chi connectivity index (χ2n) is 4.08. The highest BCUT2D eigenvalue weighted by molar-refractivity contribution is 9.10. The summed E-state index contributed by atoms with van der Waals surface area (Å²) in [5.41, 5.74) is -2.10. The molecule has 0 atom stereocenters. The zero-order chi connectivity index (χ0) is 13.9. The lowest BCUT2D eigenvalue weighted by molar-refractivity contribution is 0.0716. The van der Waals surface area contributed by atoms with Crippen molar-refractivity contribution in [2.24, 2.45) is 0 Å². The van der Waals surface area contributed by atoms with Gasteiger partial charge in [-0.05, 0) is 19.1 Å². The lowest BCUT2D eigenvalue weighted by atomic mass is 10.0. The largest absolute Gasteiger partial charge is 0.394 e. The van der Waals surface area contributed by atoms with Gasteiger partial charge in [0.05, 0.1) is 18.8 Å². The summed E-state index contributed by atoms with van der Waals surface area (Å²) in [6, 6.07) is 1.90. The summed E-state index contributed by atoms with van der Waals surface area (Å²) < 4.78 is 27.1. The number of benzene rings is 1. The van der Waals surface area contributed by atoms with E-state index in [1.54, 1.807) is 0 Å². The molecule has 0 aliphatic carbocycles. The van der Waals surface area contributed by atoms with Gasteiger partial charge in [-0.3, -0.25) is 4.79 Å². The fourth-order valence-corrected chi connectivity index (χ4v) is 1.63. The monoisotopic (exact) mass is 323 g/mol. The predicted molar refractivity (Wildman–Crippen MR) is 64.1 cm³/mol. The zero-order valence-electron chi connectivity index (χ0n) is 9.51. The number of amides is 1. The fourth-order valence-electron chi connectivity index (χ4n) is 1.22. The van der Waals surface area contributed by atoms with Gasteiger partial charge in [-0.25, -0.2) is 8.78 Å². The number of hydrogen-bond acceptors (Lipinski definition) is 3. The first-order valence-corrected chi connectivity index (χ1v) is 5.81. The third-order valence-electron chi connectivity index (χ3n) is 2.35. The van der Waals surface area contributed by atoms with Crippen molar-refractivity contribution in [3.8, 4) is 0 Å². The molecule has 0 fully saturated rings. The van der Waals surface area contributed by atoms with Crippen LogP contribution >= 0.6 is 15.9 Å². The van der Waals surface area contributed by atoms with Crippen molar-refractivity contribution in [3.05, 3.63) is 33.8 Å². The molecule has 0 unspecified atom stereocenters. The Kier molecular flexibility index (Phi) is 4.78. The fraction of sp³-hybridized carbons (Fsp3) is 0.364. The van der Waals surface area contributed by atoms with E-state index >= 15 is 0 Å². The van der Waals surface area contributed by atoms with Crippen molar-refractivity contribution in [1.82, 2.24) is 5.32 Å². The molecule has 0 aliphatic heterocycles. The number of rotatable bonds is 4. The molecule has 0 bridgehead atoms. The molecule has 0 saturated heterocycles. The molecule has 0 radical (unpaired) electrons. The van der Waals surface area contributed by atoms with Gasteiger partial charge in [0.1, 0.15) is 17.2 Å². The Morgan fingerprint density at radius 2 is 1.78 bits per heavy atom. The molecule has 4 nitrogen and oxygen atoms in total. The quantitative estimate of drug-likeness (QED) is 0.780. The Labute approximate surface area is 111 Å². The van der Waals surface area contributed by atoms with Gasteiger partial charge in [0.15, 0.2) is 0 Å². The molecule has 1 amide bonds. The summed E-state index contributed by atoms with van der Waals surface area (Å²) in [7, 11) is 0. The van der Waals surface area contributed by atoms with Gasteiger partial charge in [0.2, 0.25) is 0 Å². The van der Waals surface area contributed by atoms with Crippen LogP contribution in [0.1, 0.15) is 17.3 Å². The van der Waals surface area contributed by atoms with E-state index in [9.17, 15) is 13.6 Å². The van der Waals surface area contributed by atoms with Crippen LogP contribution in [0.3, 0.4) is 0 Å². The summed E-state index contributed by atoms with van der Waals surface area (Å²) >= 11 is 2.89. The minimum atomic E-state index is -1.34. The van der Waals surface area contributed by atoms with Gasteiger partial charge in [-0.15, -0.1) is 0 Å². The minimum Gasteiger partial charge on any atom is -0.394 e. The van der Waals surface area contributed by atoms with E-state index < -0.39 is 41.9 Å². The van der Waals surface area contributed by atoms with Crippen LogP contribution < -0.4 is 5.32 Å². The summed E-state index contributed by atoms with van der Waals surface area (Å²) in [6.45, 7) is 0.226. The van der Waals surface area contributed by atoms with E-state index in [0.717, 1.165) is 12.1 Å².